The normalized spacial score (nSPS) is 19.3. The van der Waals surface area contributed by atoms with Crippen molar-refractivity contribution in [2.45, 2.75) is 50.5 Å². The van der Waals surface area contributed by atoms with Crippen molar-refractivity contribution in [3.63, 3.8) is 0 Å². The van der Waals surface area contributed by atoms with Crippen molar-refractivity contribution in [1.29, 1.82) is 0 Å². The highest BCUT2D eigenvalue weighted by Gasteiger charge is 2.34. The van der Waals surface area contributed by atoms with Crippen LogP contribution >= 0.6 is 12.4 Å². The fourth-order valence-electron chi connectivity index (χ4n) is 4.97. The van der Waals surface area contributed by atoms with Gasteiger partial charge >= 0.3 is 6.03 Å². The van der Waals surface area contributed by atoms with Crippen molar-refractivity contribution < 1.29 is 22.8 Å². The molecule has 0 radical (unpaired) electrons. The summed E-state index contributed by atoms with van der Waals surface area (Å²) >= 11 is 0. The van der Waals surface area contributed by atoms with Crippen LogP contribution in [0.1, 0.15) is 61.6 Å². The first kappa shape index (κ1) is 27.0. The van der Waals surface area contributed by atoms with E-state index >= 15 is 0 Å². The van der Waals surface area contributed by atoms with Crippen LogP contribution in [0, 0.1) is 17.5 Å². The number of likely N-dealkylation sites (tertiary alicyclic amines) is 2. The summed E-state index contributed by atoms with van der Waals surface area (Å²) in [5.74, 6) is -2.02. The zero-order chi connectivity index (χ0) is 24.1. The van der Waals surface area contributed by atoms with Crippen molar-refractivity contribution >= 4 is 24.3 Å². The van der Waals surface area contributed by atoms with Gasteiger partial charge in [0.2, 0.25) is 5.91 Å². The number of hydrogen-bond donors (Lipinski definition) is 1. The van der Waals surface area contributed by atoms with Gasteiger partial charge in [-0.1, -0.05) is 18.2 Å². The predicted octanol–water partition coefficient (Wildman–Crippen LogP) is 5.56. The molecule has 1 atom stereocenters. The molecule has 35 heavy (non-hydrogen) atoms. The van der Waals surface area contributed by atoms with E-state index < -0.39 is 23.7 Å². The number of nitrogens with zero attached hydrogens (tertiary/aromatic N) is 2. The maximum atomic E-state index is 13.7. The van der Waals surface area contributed by atoms with Crippen molar-refractivity contribution in [3.05, 3.63) is 71.0 Å². The van der Waals surface area contributed by atoms with Gasteiger partial charge in [0.05, 0.1) is 6.04 Å². The van der Waals surface area contributed by atoms with E-state index in [2.05, 4.69) is 10.2 Å². The monoisotopic (exact) mass is 509 g/mol. The van der Waals surface area contributed by atoms with Crippen LogP contribution in [0.2, 0.25) is 0 Å². The van der Waals surface area contributed by atoms with Crippen LogP contribution in [0.15, 0.2) is 42.5 Å². The third kappa shape index (κ3) is 6.76. The molecule has 3 amide bonds. The summed E-state index contributed by atoms with van der Waals surface area (Å²) in [7, 11) is 0. The van der Waals surface area contributed by atoms with Gasteiger partial charge in [0, 0.05) is 13.0 Å². The fourth-order valence-corrected chi connectivity index (χ4v) is 4.97. The van der Waals surface area contributed by atoms with Gasteiger partial charge in [-0.25, -0.2) is 18.0 Å². The van der Waals surface area contributed by atoms with Gasteiger partial charge in [0.15, 0.2) is 11.6 Å². The van der Waals surface area contributed by atoms with Crippen LogP contribution in [0.5, 0.6) is 0 Å². The summed E-state index contributed by atoms with van der Waals surface area (Å²) in [5, 5.41) is 2.82. The highest BCUT2D eigenvalue weighted by Crippen LogP contribution is 2.32. The molecule has 2 aliphatic rings. The van der Waals surface area contributed by atoms with Crippen molar-refractivity contribution in [2.24, 2.45) is 0 Å². The number of carbonyl (C=O) groups excluding carboxylic acids is 2. The molecule has 4 rings (SSSR count). The lowest BCUT2D eigenvalue weighted by Crippen LogP contribution is -2.48. The van der Waals surface area contributed by atoms with Gasteiger partial charge in [-0.15, -0.1) is 12.4 Å². The molecule has 5 nitrogen and oxygen atoms in total. The molecule has 2 heterocycles. The Kier molecular flexibility index (Phi) is 9.57. The molecule has 0 aliphatic carbocycles. The zero-order valence-electron chi connectivity index (χ0n) is 19.5. The number of benzene rings is 2. The number of halogens is 4. The van der Waals surface area contributed by atoms with Crippen LogP contribution in [0.25, 0.3) is 0 Å². The van der Waals surface area contributed by atoms with Crippen LogP contribution in [-0.2, 0) is 4.79 Å². The molecule has 1 N–H and O–H groups in total. The van der Waals surface area contributed by atoms with Crippen molar-refractivity contribution in [1.82, 2.24) is 15.1 Å². The van der Waals surface area contributed by atoms with Crippen molar-refractivity contribution in [3.8, 4) is 0 Å². The number of hydrogen-bond acceptors (Lipinski definition) is 3. The third-order valence-corrected chi connectivity index (χ3v) is 6.85. The summed E-state index contributed by atoms with van der Waals surface area (Å²) in [4.78, 5) is 28.8. The molecular weight excluding hydrogens is 479 g/mol. The first-order valence-corrected chi connectivity index (χ1v) is 11.9. The minimum Gasteiger partial charge on any atom is -0.338 e. The third-order valence-electron chi connectivity index (χ3n) is 6.85. The molecular formula is C26H31ClF3N3O2. The SMILES string of the molecule is Cl.O=C1CCC[C@@H](c2ccc(F)c(F)c2)N1C(=O)NCCCN1CCC(c2ccc(F)cc2)CC1. The molecule has 0 bridgehead atoms. The molecule has 9 heteroatoms. The molecule has 0 saturated carbocycles. The quantitative estimate of drug-likeness (QED) is 0.519. The Balaban J connectivity index is 0.00000342. The topological polar surface area (TPSA) is 52.7 Å². The zero-order valence-corrected chi connectivity index (χ0v) is 20.3. The maximum Gasteiger partial charge on any atom is 0.324 e. The average Bonchev–Trinajstić information content (AvgIpc) is 2.84. The largest absolute Gasteiger partial charge is 0.338 e. The number of urea groups is 1. The molecule has 190 valence electrons. The van der Waals surface area contributed by atoms with Crippen LogP contribution in [-0.4, -0.2) is 47.9 Å². The van der Waals surface area contributed by atoms with Gasteiger partial charge in [0.25, 0.3) is 0 Å². The van der Waals surface area contributed by atoms with Gasteiger partial charge in [-0.05, 0) is 93.0 Å². The molecule has 0 unspecified atom stereocenters. The number of rotatable bonds is 6. The summed E-state index contributed by atoms with van der Waals surface area (Å²) in [6.07, 6.45) is 4.14. The van der Waals surface area contributed by atoms with Gasteiger partial charge in [-0.2, -0.15) is 0 Å². The van der Waals surface area contributed by atoms with E-state index in [0.717, 1.165) is 55.9 Å². The summed E-state index contributed by atoms with van der Waals surface area (Å²) in [5.41, 5.74) is 1.60. The minimum atomic E-state index is -0.987. The molecule has 0 aromatic heterocycles. The molecule has 2 fully saturated rings. The number of nitrogens with one attached hydrogen (secondary N) is 1. The van der Waals surface area contributed by atoms with E-state index in [9.17, 15) is 22.8 Å². The molecule has 2 saturated heterocycles. The lowest BCUT2D eigenvalue weighted by atomic mass is 9.89. The second-order valence-electron chi connectivity index (χ2n) is 9.10. The summed E-state index contributed by atoms with van der Waals surface area (Å²) in [6.45, 7) is 3.14. The lowest BCUT2D eigenvalue weighted by Gasteiger charge is -2.34. The molecule has 2 aliphatic heterocycles. The lowest BCUT2D eigenvalue weighted by molar-refractivity contribution is -0.132. The maximum absolute atomic E-state index is 13.7. The van der Waals surface area contributed by atoms with Gasteiger partial charge < -0.3 is 10.2 Å². The van der Waals surface area contributed by atoms with E-state index in [1.807, 2.05) is 12.1 Å². The Bertz CT molecular complexity index is 1010. The van der Waals surface area contributed by atoms with Crippen LogP contribution < -0.4 is 5.32 Å². The first-order chi connectivity index (χ1) is 16.4. The Morgan fingerprint density at radius 3 is 2.31 bits per heavy atom. The fraction of sp³-hybridized carbons (Fsp3) is 0.462. The molecule has 2 aromatic rings. The van der Waals surface area contributed by atoms with Crippen LogP contribution in [0.4, 0.5) is 18.0 Å². The standard InChI is InChI=1S/C26H30F3N3O2.ClH/c27-21-8-5-18(6-9-21)19-11-15-31(16-12-19)14-2-13-30-26(34)32-24(3-1-4-25(32)33)20-7-10-22(28)23(29)17-20;/h5-10,17,19,24H,1-4,11-16H2,(H,30,34);1H/t24-;/m0./s1. The number of amides is 3. The predicted molar refractivity (Wildman–Crippen MR) is 130 cm³/mol. The second-order valence-corrected chi connectivity index (χ2v) is 9.10. The van der Waals surface area contributed by atoms with Gasteiger partial charge in [-0.3, -0.25) is 9.69 Å². The van der Waals surface area contributed by atoms with E-state index in [0.29, 0.717) is 30.9 Å². The number of piperidine rings is 2. The van der Waals surface area contributed by atoms with E-state index in [4.69, 9.17) is 0 Å². The van der Waals surface area contributed by atoms with E-state index in [-0.39, 0.29) is 30.6 Å². The minimum absolute atomic E-state index is 0. The van der Waals surface area contributed by atoms with E-state index in [1.54, 1.807) is 0 Å². The van der Waals surface area contributed by atoms with E-state index in [1.165, 1.54) is 23.8 Å². The van der Waals surface area contributed by atoms with Crippen LogP contribution in [0.3, 0.4) is 0 Å². The Hall–Kier alpha value is -2.58. The Morgan fingerprint density at radius 1 is 0.943 bits per heavy atom. The highest BCUT2D eigenvalue weighted by atomic mass is 35.5. The Labute approximate surface area is 210 Å². The summed E-state index contributed by atoms with van der Waals surface area (Å²) < 4.78 is 40.2. The van der Waals surface area contributed by atoms with Gasteiger partial charge in [0.1, 0.15) is 5.82 Å². The highest BCUT2D eigenvalue weighted by molar-refractivity contribution is 5.95. The smallest absolute Gasteiger partial charge is 0.324 e. The first-order valence-electron chi connectivity index (χ1n) is 11.9. The number of imide groups is 1. The average molecular weight is 510 g/mol. The number of carbonyl (C=O) groups is 2. The molecule has 0 spiro atoms. The van der Waals surface area contributed by atoms with Crippen molar-refractivity contribution in [2.75, 3.05) is 26.2 Å². The second kappa shape index (κ2) is 12.4. The summed E-state index contributed by atoms with van der Waals surface area (Å²) in [6, 6.07) is 9.17. The Morgan fingerprint density at radius 2 is 1.63 bits per heavy atom. The molecule has 2 aromatic carbocycles.